The molecule has 0 saturated heterocycles. The van der Waals surface area contributed by atoms with Gasteiger partial charge in [-0.2, -0.15) is 0 Å². The minimum Gasteiger partial charge on any atom is -0.297 e. The molecule has 1 heterocycles. The first-order valence-corrected chi connectivity index (χ1v) is 7.44. The maximum absolute atomic E-state index is 11.9. The minimum absolute atomic E-state index is 0.241. The quantitative estimate of drug-likeness (QED) is 0.591. The van der Waals surface area contributed by atoms with Crippen LogP contribution in [0.25, 0.3) is 0 Å². The molecular formula is C11H16Br2N2O2. The van der Waals surface area contributed by atoms with Gasteiger partial charge < -0.3 is 0 Å². The average Bonchev–Trinajstić information content (AvgIpc) is 2.33. The van der Waals surface area contributed by atoms with Crippen molar-refractivity contribution >= 4 is 31.9 Å². The van der Waals surface area contributed by atoms with Gasteiger partial charge in [-0.3, -0.25) is 13.9 Å². The molecule has 96 valence electrons. The van der Waals surface area contributed by atoms with Gasteiger partial charge in [0.15, 0.2) is 0 Å². The highest BCUT2D eigenvalue weighted by molar-refractivity contribution is 9.10. The van der Waals surface area contributed by atoms with Gasteiger partial charge in [-0.1, -0.05) is 22.4 Å². The maximum atomic E-state index is 11.9. The molecule has 1 aromatic rings. The number of hydrogen-bond acceptors (Lipinski definition) is 2. The van der Waals surface area contributed by atoms with Crippen LogP contribution in [0.2, 0.25) is 0 Å². The summed E-state index contributed by atoms with van der Waals surface area (Å²) in [6.45, 7) is 2.45. The molecule has 0 aliphatic rings. The third-order valence-electron chi connectivity index (χ3n) is 2.75. The maximum Gasteiger partial charge on any atom is 0.330 e. The lowest BCUT2D eigenvalue weighted by Crippen LogP contribution is -2.39. The Morgan fingerprint density at radius 3 is 2.41 bits per heavy atom. The fraction of sp³-hybridized carbons (Fsp3) is 0.636. The largest absolute Gasteiger partial charge is 0.330 e. The molecule has 4 nitrogen and oxygen atoms in total. The first-order valence-electron chi connectivity index (χ1n) is 5.52. The molecule has 0 radical (unpaired) electrons. The molecule has 0 saturated carbocycles. The lowest BCUT2D eigenvalue weighted by Gasteiger charge is -2.12. The van der Waals surface area contributed by atoms with Crippen molar-refractivity contribution in [2.24, 2.45) is 7.05 Å². The standard InChI is InChI=1S/C11H16Br2N2O2/c1-8-9(13)10(16)14(2)11(17)15(8)7-5-3-4-6-12/h3-7H2,1-2H3. The highest BCUT2D eigenvalue weighted by Crippen LogP contribution is 2.09. The van der Waals surface area contributed by atoms with Crippen molar-refractivity contribution in [2.45, 2.75) is 32.7 Å². The van der Waals surface area contributed by atoms with Crippen LogP contribution >= 0.6 is 31.9 Å². The van der Waals surface area contributed by atoms with Crippen LogP contribution in [0.5, 0.6) is 0 Å². The Labute approximate surface area is 117 Å². The molecule has 0 atom stereocenters. The lowest BCUT2D eigenvalue weighted by atomic mass is 10.2. The van der Waals surface area contributed by atoms with E-state index in [4.69, 9.17) is 0 Å². The molecule has 0 fully saturated rings. The van der Waals surface area contributed by atoms with E-state index >= 15 is 0 Å². The highest BCUT2D eigenvalue weighted by Gasteiger charge is 2.11. The van der Waals surface area contributed by atoms with Crippen LogP contribution in [-0.2, 0) is 13.6 Å². The fourth-order valence-corrected chi connectivity index (χ4v) is 2.51. The van der Waals surface area contributed by atoms with Crippen LogP contribution in [-0.4, -0.2) is 14.5 Å². The lowest BCUT2D eigenvalue weighted by molar-refractivity contribution is 0.537. The Morgan fingerprint density at radius 2 is 1.82 bits per heavy atom. The molecule has 0 aliphatic heterocycles. The highest BCUT2D eigenvalue weighted by atomic mass is 79.9. The molecule has 6 heteroatoms. The molecule has 0 unspecified atom stereocenters. The van der Waals surface area contributed by atoms with E-state index in [2.05, 4.69) is 31.9 Å². The van der Waals surface area contributed by atoms with Crippen molar-refractivity contribution in [3.63, 3.8) is 0 Å². The van der Waals surface area contributed by atoms with Crippen molar-refractivity contribution < 1.29 is 0 Å². The Hall–Kier alpha value is -0.360. The van der Waals surface area contributed by atoms with Crippen LogP contribution in [0.15, 0.2) is 14.1 Å². The molecule has 0 bridgehead atoms. The zero-order chi connectivity index (χ0) is 13.0. The van der Waals surface area contributed by atoms with Crippen LogP contribution in [0.1, 0.15) is 25.0 Å². The van der Waals surface area contributed by atoms with Gasteiger partial charge in [-0.25, -0.2) is 4.79 Å². The zero-order valence-electron chi connectivity index (χ0n) is 10.0. The fourth-order valence-electron chi connectivity index (χ4n) is 1.64. The van der Waals surface area contributed by atoms with E-state index < -0.39 is 0 Å². The Bertz CT molecular complexity index is 505. The predicted octanol–water partition coefficient (Wildman–Crippen LogP) is 2.18. The molecule has 17 heavy (non-hydrogen) atoms. The molecule has 1 rings (SSSR count). The average molecular weight is 368 g/mol. The molecule has 0 N–H and O–H groups in total. The predicted molar refractivity (Wildman–Crippen MR) is 76.0 cm³/mol. The summed E-state index contributed by atoms with van der Waals surface area (Å²) in [5, 5.41) is 0.984. The van der Waals surface area contributed by atoms with Gasteiger partial charge >= 0.3 is 5.69 Å². The number of nitrogens with zero attached hydrogens (tertiary/aromatic N) is 2. The number of rotatable bonds is 5. The minimum atomic E-state index is -0.274. The first-order chi connectivity index (χ1) is 8.00. The van der Waals surface area contributed by atoms with E-state index in [1.165, 1.54) is 7.05 Å². The Morgan fingerprint density at radius 1 is 1.18 bits per heavy atom. The number of halogens is 2. The van der Waals surface area contributed by atoms with E-state index in [-0.39, 0.29) is 11.2 Å². The molecule has 0 aromatic carbocycles. The van der Waals surface area contributed by atoms with E-state index in [9.17, 15) is 9.59 Å². The van der Waals surface area contributed by atoms with Crippen molar-refractivity contribution in [1.29, 1.82) is 0 Å². The number of hydrogen-bond donors (Lipinski definition) is 0. The van der Waals surface area contributed by atoms with E-state index in [0.29, 0.717) is 16.7 Å². The van der Waals surface area contributed by atoms with Gasteiger partial charge in [0.25, 0.3) is 5.56 Å². The second-order valence-corrected chi connectivity index (χ2v) is 5.53. The summed E-state index contributed by atoms with van der Waals surface area (Å²) in [5.41, 5.74) is 0.190. The summed E-state index contributed by atoms with van der Waals surface area (Å²) < 4.78 is 3.27. The second-order valence-electron chi connectivity index (χ2n) is 3.95. The van der Waals surface area contributed by atoms with Crippen LogP contribution in [0.4, 0.5) is 0 Å². The first kappa shape index (κ1) is 14.7. The monoisotopic (exact) mass is 366 g/mol. The van der Waals surface area contributed by atoms with Crippen molar-refractivity contribution in [3.05, 3.63) is 31.0 Å². The molecule has 1 aromatic heterocycles. The molecule has 0 spiro atoms. The van der Waals surface area contributed by atoms with E-state index in [1.807, 2.05) is 0 Å². The molecular weight excluding hydrogens is 352 g/mol. The summed E-state index contributed by atoms with van der Waals surface area (Å²) in [4.78, 5) is 23.6. The van der Waals surface area contributed by atoms with Gasteiger partial charge in [0, 0.05) is 24.6 Å². The van der Waals surface area contributed by atoms with Gasteiger partial charge in [0.1, 0.15) is 4.47 Å². The van der Waals surface area contributed by atoms with Gasteiger partial charge in [0.2, 0.25) is 0 Å². The summed E-state index contributed by atoms with van der Waals surface area (Å²) in [6.07, 6.45) is 3.11. The number of alkyl halides is 1. The Balaban J connectivity index is 3.00. The van der Waals surface area contributed by atoms with Gasteiger partial charge in [-0.15, -0.1) is 0 Å². The van der Waals surface area contributed by atoms with Crippen LogP contribution in [0.3, 0.4) is 0 Å². The van der Waals surface area contributed by atoms with Crippen molar-refractivity contribution in [1.82, 2.24) is 9.13 Å². The number of aromatic nitrogens is 2. The zero-order valence-corrected chi connectivity index (χ0v) is 13.2. The molecule has 0 aliphatic carbocycles. The van der Waals surface area contributed by atoms with Crippen LogP contribution < -0.4 is 11.2 Å². The normalized spacial score (nSPS) is 10.8. The summed E-state index contributed by atoms with van der Waals surface area (Å²) in [6, 6.07) is 0. The summed E-state index contributed by atoms with van der Waals surface area (Å²) in [7, 11) is 1.50. The second kappa shape index (κ2) is 6.54. The third-order valence-corrected chi connectivity index (χ3v) is 4.22. The SMILES string of the molecule is Cc1c(Br)c(=O)n(C)c(=O)n1CCCCCBr. The summed E-state index contributed by atoms with van der Waals surface area (Å²) >= 11 is 6.61. The van der Waals surface area contributed by atoms with E-state index in [0.717, 1.165) is 29.2 Å². The van der Waals surface area contributed by atoms with Crippen LogP contribution in [0, 0.1) is 6.92 Å². The third kappa shape index (κ3) is 3.31. The smallest absolute Gasteiger partial charge is 0.297 e. The number of unbranched alkanes of at least 4 members (excludes halogenated alkanes) is 2. The van der Waals surface area contributed by atoms with E-state index in [1.54, 1.807) is 11.5 Å². The molecule has 0 amide bonds. The Kier molecular flexibility index (Phi) is 5.66. The van der Waals surface area contributed by atoms with Gasteiger partial charge in [-0.05, 0) is 35.7 Å². The van der Waals surface area contributed by atoms with Gasteiger partial charge in [0.05, 0.1) is 0 Å². The van der Waals surface area contributed by atoms with Crippen molar-refractivity contribution in [3.8, 4) is 0 Å². The summed E-state index contributed by atoms with van der Waals surface area (Å²) in [5.74, 6) is 0. The van der Waals surface area contributed by atoms with Crippen molar-refractivity contribution in [2.75, 3.05) is 5.33 Å². The topological polar surface area (TPSA) is 44.0 Å².